The number of anilines is 2. The number of imidazole rings is 1. The van der Waals surface area contributed by atoms with Gasteiger partial charge in [-0.1, -0.05) is 32.4 Å². The van der Waals surface area contributed by atoms with E-state index in [-0.39, 0.29) is 110 Å². The Morgan fingerprint density at radius 3 is 2.32 bits per heavy atom. The van der Waals surface area contributed by atoms with E-state index in [4.69, 9.17) is 37.0 Å². The Balaban J connectivity index is 0.686. The van der Waals surface area contributed by atoms with Gasteiger partial charge in [0.1, 0.15) is 55.4 Å². The second-order valence-corrected chi connectivity index (χ2v) is 22.5. The van der Waals surface area contributed by atoms with Gasteiger partial charge in [0.2, 0.25) is 17.7 Å². The number of hydrogen-bond acceptors (Lipinski definition) is 22. The number of benzene rings is 1. The van der Waals surface area contributed by atoms with Crippen LogP contribution in [0.2, 0.25) is 0 Å². The molecule has 31 nitrogen and oxygen atoms in total. The lowest BCUT2D eigenvalue weighted by atomic mass is 10.0. The second-order valence-electron chi connectivity index (χ2n) is 20.5. The second kappa shape index (κ2) is 27.9. The zero-order valence-corrected chi connectivity index (χ0v) is 48.3. The highest BCUT2D eigenvalue weighted by Crippen LogP contribution is 2.44. The van der Waals surface area contributed by atoms with Crippen LogP contribution in [0.25, 0.3) is 22.2 Å². The molecule has 0 saturated carbocycles. The van der Waals surface area contributed by atoms with Gasteiger partial charge in [0, 0.05) is 56.9 Å². The maximum Gasteiger partial charge on any atom is 0.412 e. The summed E-state index contributed by atoms with van der Waals surface area (Å²) in [7, 11) is -5.07. The van der Waals surface area contributed by atoms with E-state index >= 15 is 0 Å². The van der Waals surface area contributed by atoms with Gasteiger partial charge in [-0.15, -0.1) is 0 Å². The number of imide groups is 1. The van der Waals surface area contributed by atoms with E-state index in [0.717, 1.165) is 17.4 Å². The molecule has 0 radical (unpaired) electrons. The topological polar surface area (TPSA) is 376 Å². The predicted molar refractivity (Wildman–Crippen MR) is 294 cm³/mol. The lowest BCUT2D eigenvalue weighted by molar-refractivity contribution is -0.137. The maximum atomic E-state index is 14.9. The minimum atomic E-state index is -3.30. The van der Waals surface area contributed by atoms with Gasteiger partial charge in [-0.3, -0.25) is 52.7 Å². The summed E-state index contributed by atoms with van der Waals surface area (Å²) in [6.07, 6.45) is 1.70. The minimum Gasteiger partial charge on any atom is -0.447 e. The molecule has 4 aliphatic heterocycles. The molecule has 85 heavy (non-hydrogen) atoms. The molecule has 4 aliphatic rings. The Morgan fingerprint density at radius 1 is 0.824 bits per heavy atom. The van der Waals surface area contributed by atoms with Gasteiger partial charge in [-0.2, -0.15) is 0 Å². The van der Waals surface area contributed by atoms with Crippen molar-refractivity contribution in [3.8, 4) is 0 Å². The molecule has 5 N–H and O–H groups in total. The quantitative estimate of drug-likeness (QED) is 0.0420. The van der Waals surface area contributed by atoms with E-state index in [2.05, 4.69) is 46.2 Å². The highest BCUT2D eigenvalue weighted by molar-refractivity contribution is 7.33. The Kier molecular flexibility index (Phi) is 20.3. The van der Waals surface area contributed by atoms with Crippen LogP contribution in [-0.2, 0) is 76.8 Å². The van der Waals surface area contributed by atoms with E-state index in [1.54, 1.807) is 38.1 Å². The Labute approximate surface area is 483 Å². The molecule has 3 saturated heterocycles. The van der Waals surface area contributed by atoms with Crippen LogP contribution in [0.4, 0.5) is 25.5 Å². The number of nitrogens with zero attached hydrogens (tertiary/aromatic N) is 8. The van der Waals surface area contributed by atoms with Crippen LogP contribution in [0.3, 0.4) is 0 Å². The molecular formula is C51H62FN13O18P2. The molecule has 7 amide bonds. The highest BCUT2D eigenvalue weighted by atomic mass is 31.1. The molecule has 5 aromatic rings. The smallest absolute Gasteiger partial charge is 0.412 e. The van der Waals surface area contributed by atoms with Crippen LogP contribution >= 0.6 is 16.5 Å². The number of unbranched alkanes of at least 4 members (excludes halogenated alkanes) is 2. The van der Waals surface area contributed by atoms with E-state index in [0.29, 0.717) is 30.5 Å². The fourth-order valence-electron chi connectivity index (χ4n) is 9.57. The molecule has 4 aromatic heterocycles. The van der Waals surface area contributed by atoms with Crippen molar-refractivity contribution in [3.05, 3.63) is 83.3 Å². The van der Waals surface area contributed by atoms with Crippen molar-refractivity contribution in [1.29, 1.82) is 0 Å². The van der Waals surface area contributed by atoms with Crippen LogP contribution in [-0.4, -0.2) is 162 Å². The summed E-state index contributed by atoms with van der Waals surface area (Å²) in [5.74, 6) is -3.31. The summed E-state index contributed by atoms with van der Waals surface area (Å²) in [6.45, 7) is 4.24. The molecule has 2 bridgehead atoms. The third kappa shape index (κ3) is 15.4. The summed E-state index contributed by atoms with van der Waals surface area (Å²) >= 11 is 0. The molecular weight excluding hydrogens is 1160 g/mol. The van der Waals surface area contributed by atoms with Crippen LogP contribution < -0.4 is 26.8 Å². The fraction of sp³-hybridized carbons (Fsp3) is 0.490. The molecule has 0 aliphatic carbocycles. The zero-order valence-electron chi connectivity index (χ0n) is 46.3. The van der Waals surface area contributed by atoms with Crippen molar-refractivity contribution in [3.63, 3.8) is 0 Å². The van der Waals surface area contributed by atoms with Gasteiger partial charge in [0.15, 0.2) is 34.7 Å². The number of fused-ring (bicyclic) bond motifs is 5. The first-order valence-corrected chi connectivity index (χ1v) is 29.5. The number of H-pyrrole nitrogens is 1. The molecule has 2 unspecified atom stereocenters. The van der Waals surface area contributed by atoms with Crippen molar-refractivity contribution in [2.75, 3.05) is 50.6 Å². The van der Waals surface area contributed by atoms with Gasteiger partial charge >= 0.3 is 28.7 Å². The molecule has 10 atom stereocenters. The SMILES string of the molecule is CC(C)[C@H](NC(=O)CCCCCN1C(=O)C=CC1=O)C(=O)N[C@@H](C)C(=O)Nc1ccc(COC(=O)N(C)CCOC(=O)Nc2ncnc3c2ncn3[C@H]2C[C@@H]3O[PH](=O)OC[C@@H]4C[C@@H](O[PH](=O)OC[C@H]3O2)[C@H](n2cc(F)c3c(=O)[nH]cnc32)O4)cc1. The first kappa shape index (κ1) is 61.7. The van der Waals surface area contributed by atoms with Crippen molar-refractivity contribution in [1.82, 2.24) is 54.5 Å². The number of nitrogens with one attached hydrogen (secondary N) is 5. The molecule has 8 heterocycles. The number of aromatic amines is 1. The van der Waals surface area contributed by atoms with Crippen LogP contribution in [0.5, 0.6) is 0 Å². The minimum absolute atomic E-state index is 0.0253. The number of aromatic nitrogens is 7. The molecule has 0 spiro atoms. The molecule has 34 heteroatoms. The van der Waals surface area contributed by atoms with Gasteiger partial charge in [-0.25, -0.2) is 33.9 Å². The summed E-state index contributed by atoms with van der Waals surface area (Å²) in [6, 6.07) is 4.55. The molecule has 456 valence electrons. The van der Waals surface area contributed by atoms with Crippen molar-refractivity contribution in [2.45, 2.75) is 115 Å². The number of rotatable bonds is 20. The van der Waals surface area contributed by atoms with E-state index in [1.807, 2.05) is 0 Å². The first-order chi connectivity index (χ1) is 40.8. The monoisotopic (exact) mass is 1230 g/mol. The van der Waals surface area contributed by atoms with E-state index < -0.39 is 101 Å². The van der Waals surface area contributed by atoms with Crippen LogP contribution in [0.1, 0.15) is 77.3 Å². The van der Waals surface area contributed by atoms with Crippen molar-refractivity contribution >= 4 is 91.9 Å². The fourth-order valence-corrected chi connectivity index (χ4v) is 11.3. The highest BCUT2D eigenvalue weighted by Gasteiger charge is 2.43. The molecule has 1 aromatic carbocycles. The summed E-state index contributed by atoms with van der Waals surface area (Å²) in [4.78, 5) is 122. The molecule has 9 rings (SSSR count). The number of ether oxygens (including phenoxy) is 4. The summed E-state index contributed by atoms with van der Waals surface area (Å²) < 4.78 is 90.0. The largest absolute Gasteiger partial charge is 0.447 e. The standard InChI is InChI=1S/C51H62FN13O18P2/c1-27(2)41(60-36(66)8-6-5-7-15-63-37(67)13-14-38(63)68)48(71)58-28(3)46(69)59-30-11-9-29(10-12-30)21-77-51(73)62(4)16-17-76-50(72)61-43-42-45(55-24-53-43)65(26-57-42)39-19-33-35(81-39)23-79-85(75)83-34-18-31(22-78-84(74)82-33)80-49(34)64-20-32(52)40-44(64)54-25-56-47(40)70/h9-14,20,24-28,31,33-35,39,41,49,84-85H,5-8,15-19,21-23H2,1-4H3,(H,58,71)(H,59,69)(H,60,66)(H,54,56,70)(H,53,55,61,72)/t28-,31-,33-,34+,35+,39+,41-,49+/m0/s1. The Bertz CT molecular complexity index is 3440. The Morgan fingerprint density at radius 2 is 1.56 bits per heavy atom. The van der Waals surface area contributed by atoms with Gasteiger partial charge in [0.05, 0.1) is 44.6 Å². The number of likely N-dealkylation sites (N-methyl/N-ethyl adjacent to an activating group) is 1. The Hall–Kier alpha value is -7.83. The normalized spacial score (nSPS) is 23.2. The van der Waals surface area contributed by atoms with Crippen molar-refractivity contribution < 1.29 is 84.1 Å². The van der Waals surface area contributed by atoms with Crippen LogP contribution in [0.15, 0.2) is 66.4 Å². The predicted octanol–water partition coefficient (Wildman–Crippen LogP) is 3.76. The number of carbonyl (C=O) groups is 7. The average molecular weight is 1230 g/mol. The zero-order chi connectivity index (χ0) is 60.5. The lowest BCUT2D eigenvalue weighted by Gasteiger charge is -2.24. The van der Waals surface area contributed by atoms with E-state index in [9.17, 15) is 51.9 Å². The first-order valence-electron chi connectivity index (χ1n) is 27.0. The average Bonchev–Trinajstić information content (AvgIpc) is 2.37. The van der Waals surface area contributed by atoms with Gasteiger partial charge in [-0.05, 0) is 43.4 Å². The van der Waals surface area contributed by atoms with Crippen LogP contribution in [0, 0.1) is 11.7 Å². The number of halogens is 1. The number of amides is 7. The van der Waals surface area contributed by atoms with Gasteiger partial charge < -0.3 is 67.4 Å². The molecule has 3 fully saturated rings. The summed E-state index contributed by atoms with van der Waals surface area (Å²) in [5.41, 5.74) is 0.578. The third-order valence-corrected chi connectivity index (χ3v) is 15.9. The van der Waals surface area contributed by atoms with Crippen molar-refractivity contribution in [2.24, 2.45) is 5.92 Å². The lowest BCUT2D eigenvalue weighted by Crippen LogP contribution is -2.53. The third-order valence-electron chi connectivity index (χ3n) is 14.1. The summed E-state index contributed by atoms with van der Waals surface area (Å²) in [5, 5.41) is 10.3. The number of hydrogen-bond donors (Lipinski definition) is 5. The van der Waals surface area contributed by atoms with Gasteiger partial charge in [0.25, 0.3) is 17.4 Å². The maximum absolute atomic E-state index is 14.9. The number of carbonyl (C=O) groups excluding carboxylic acids is 7. The van der Waals surface area contributed by atoms with E-state index in [1.165, 1.54) is 52.8 Å².